The van der Waals surface area contributed by atoms with Crippen molar-refractivity contribution in [3.63, 3.8) is 0 Å². The number of rotatable bonds is 7. The van der Waals surface area contributed by atoms with Gasteiger partial charge in [-0.3, -0.25) is 0 Å². The van der Waals surface area contributed by atoms with Crippen LogP contribution in [0, 0.1) is 6.92 Å². The highest BCUT2D eigenvalue weighted by Gasteiger charge is 2.24. The van der Waals surface area contributed by atoms with E-state index in [-0.39, 0.29) is 18.2 Å². The average molecular weight is 290 g/mol. The smallest absolute Gasteiger partial charge is 0.330 e. The normalized spacial score (nSPS) is 18.7. The fraction of sp³-hybridized carbons (Fsp3) is 0.471. The maximum Gasteiger partial charge on any atom is 0.330 e. The van der Waals surface area contributed by atoms with Gasteiger partial charge in [-0.15, -0.1) is 0 Å². The summed E-state index contributed by atoms with van der Waals surface area (Å²) in [6, 6.07) is 6.00. The highest BCUT2D eigenvalue weighted by molar-refractivity contribution is 5.87. The number of hydrogen-bond donors (Lipinski definition) is 0. The summed E-state index contributed by atoms with van der Waals surface area (Å²) >= 11 is 0. The largest absolute Gasteiger partial charge is 0.463 e. The van der Waals surface area contributed by atoms with E-state index >= 15 is 0 Å². The number of hydrogen-bond acceptors (Lipinski definition) is 4. The molecule has 0 saturated carbocycles. The number of aryl methyl sites for hydroxylation is 1. The fourth-order valence-electron chi connectivity index (χ4n) is 2.25. The van der Waals surface area contributed by atoms with Gasteiger partial charge in [0, 0.05) is 6.08 Å². The molecule has 0 bridgehead atoms. The lowest BCUT2D eigenvalue weighted by Gasteiger charge is -2.18. The summed E-state index contributed by atoms with van der Waals surface area (Å²) in [4.78, 5) is 11.4. The highest BCUT2D eigenvalue weighted by Crippen LogP contribution is 2.27. The van der Waals surface area contributed by atoms with E-state index in [0.717, 1.165) is 23.3 Å². The van der Waals surface area contributed by atoms with Crippen LogP contribution in [0.3, 0.4) is 0 Å². The average Bonchev–Trinajstić information content (AvgIpc) is 3.27. The van der Waals surface area contributed by atoms with Crippen molar-refractivity contribution >= 4 is 12.0 Å². The van der Waals surface area contributed by atoms with Crippen molar-refractivity contribution < 1.29 is 19.0 Å². The van der Waals surface area contributed by atoms with Gasteiger partial charge < -0.3 is 14.2 Å². The zero-order chi connectivity index (χ0) is 15.2. The lowest BCUT2D eigenvalue weighted by Crippen LogP contribution is -2.09. The Kier molecular flexibility index (Phi) is 5.53. The van der Waals surface area contributed by atoms with Crippen molar-refractivity contribution in [1.82, 2.24) is 0 Å². The van der Waals surface area contributed by atoms with Gasteiger partial charge in [0.25, 0.3) is 0 Å². The highest BCUT2D eigenvalue weighted by atomic mass is 16.6. The van der Waals surface area contributed by atoms with E-state index in [2.05, 4.69) is 0 Å². The van der Waals surface area contributed by atoms with Crippen LogP contribution in [0.5, 0.6) is 0 Å². The first-order valence-electron chi connectivity index (χ1n) is 7.29. The number of ether oxygens (including phenoxy) is 3. The van der Waals surface area contributed by atoms with Gasteiger partial charge in [0.05, 0.1) is 25.9 Å². The van der Waals surface area contributed by atoms with Crippen molar-refractivity contribution in [3.05, 3.63) is 41.0 Å². The van der Waals surface area contributed by atoms with Crippen LogP contribution in [0.25, 0.3) is 6.08 Å². The van der Waals surface area contributed by atoms with Gasteiger partial charge in [-0.2, -0.15) is 0 Å². The van der Waals surface area contributed by atoms with Gasteiger partial charge in [-0.1, -0.05) is 18.2 Å². The predicted molar refractivity (Wildman–Crippen MR) is 81.0 cm³/mol. The predicted octanol–water partition coefficient (Wildman–Crippen LogP) is 3.05. The van der Waals surface area contributed by atoms with Crippen molar-refractivity contribution in [3.8, 4) is 0 Å². The van der Waals surface area contributed by atoms with E-state index < -0.39 is 0 Å². The molecule has 0 amide bonds. The molecule has 1 heterocycles. The maximum atomic E-state index is 11.4. The quantitative estimate of drug-likeness (QED) is 0.440. The minimum Gasteiger partial charge on any atom is -0.463 e. The van der Waals surface area contributed by atoms with E-state index in [1.165, 1.54) is 6.08 Å². The van der Waals surface area contributed by atoms with Crippen molar-refractivity contribution in [2.75, 3.05) is 19.8 Å². The van der Waals surface area contributed by atoms with Gasteiger partial charge in [-0.25, -0.2) is 4.79 Å². The number of benzene rings is 1. The molecule has 4 heteroatoms. The number of carbonyl (C=O) groups is 1. The molecule has 1 aromatic carbocycles. The zero-order valence-electron chi connectivity index (χ0n) is 12.8. The SMILES string of the molecule is CCOC(=O)/C=C/c1cccc(C)c1C(C)OC[C@H]1CO1. The lowest BCUT2D eigenvalue weighted by molar-refractivity contribution is -0.137. The molecule has 2 atom stereocenters. The summed E-state index contributed by atoms with van der Waals surface area (Å²) in [7, 11) is 0. The number of esters is 1. The van der Waals surface area contributed by atoms with Crippen LogP contribution in [0.15, 0.2) is 24.3 Å². The zero-order valence-corrected chi connectivity index (χ0v) is 12.8. The van der Waals surface area contributed by atoms with Crippen molar-refractivity contribution in [2.45, 2.75) is 33.0 Å². The van der Waals surface area contributed by atoms with Gasteiger partial charge in [0.2, 0.25) is 0 Å². The Balaban J connectivity index is 2.12. The Morgan fingerprint density at radius 1 is 1.52 bits per heavy atom. The summed E-state index contributed by atoms with van der Waals surface area (Å²) in [5, 5.41) is 0. The minimum absolute atomic E-state index is 0.0442. The standard InChI is InChI=1S/C17H22O4/c1-4-19-16(18)9-8-14-7-5-6-12(2)17(14)13(3)20-10-15-11-21-15/h5-9,13,15H,4,10-11H2,1-3H3/b9-8+/t13?,15-/m0/s1. The monoisotopic (exact) mass is 290 g/mol. The molecule has 21 heavy (non-hydrogen) atoms. The second kappa shape index (κ2) is 7.38. The lowest BCUT2D eigenvalue weighted by atomic mass is 9.97. The maximum absolute atomic E-state index is 11.4. The summed E-state index contributed by atoms with van der Waals surface area (Å²) in [5.74, 6) is -0.329. The Hall–Kier alpha value is -1.65. The fourth-order valence-corrected chi connectivity index (χ4v) is 2.25. The topological polar surface area (TPSA) is 48.1 Å². The molecule has 0 aromatic heterocycles. The van der Waals surface area contributed by atoms with Crippen molar-refractivity contribution in [2.24, 2.45) is 0 Å². The van der Waals surface area contributed by atoms with Crippen LogP contribution < -0.4 is 0 Å². The third-order valence-corrected chi connectivity index (χ3v) is 3.38. The van der Waals surface area contributed by atoms with Gasteiger partial charge in [0.1, 0.15) is 6.10 Å². The molecule has 1 saturated heterocycles. The second-order valence-corrected chi connectivity index (χ2v) is 5.09. The van der Waals surface area contributed by atoms with E-state index in [0.29, 0.717) is 13.2 Å². The Labute approximate surface area is 125 Å². The summed E-state index contributed by atoms with van der Waals surface area (Å²) in [5.41, 5.74) is 3.22. The van der Waals surface area contributed by atoms with Crippen LogP contribution >= 0.6 is 0 Å². The molecule has 114 valence electrons. The van der Waals surface area contributed by atoms with Crippen LogP contribution in [-0.4, -0.2) is 31.9 Å². The molecule has 0 N–H and O–H groups in total. The van der Waals surface area contributed by atoms with E-state index in [1.807, 2.05) is 32.0 Å². The molecule has 4 nitrogen and oxygen atoms in total. The molecule has 2 rings (SSSR count). The molecule has 0 spiro atoms. The molecule has 0 radical (unpaired) electrons. The molecule has 1 aromatic rings. The van der Waals surface area contributed by atoms with Crippen molar-refractivity contribution in [1.29, 1.82) is 0 Å². The number of epoxide rings is 1. The van der Waals surface area contributed by atoms with Gasteiger partial charge in [-0.05, 0) is 43.5 Å². The molecule has 1 unspecified atom stereocenters. The van der Waals surface area contributed by atoms with Crippen LogP contribution in [0.1, 0.15) is 36.6 Å². The van der Waals surface area contributed by atoms with E-state index in [9.17, 15) is 4.79 Å². The summed E-state index contributed by atoms with van der Waals surface area (Å²) < 4.78 is 15.9. The van der Waals surface area contributed by atoms with E-state index in [1.54, 1.807) is 13.0 Å². The third kappa shape index (κ3) is 4.69. The Morgan fingerprint density at radius 3 is 2.95 bits per heavy atom. The Bertz CT molecular complexity index is 518. The third-order valence-electron chi connectivity index (χ3n) is 3.38. The molecule has 1 aliphatic heterocycles. The summed E-state index contributed by atoms with van der Waals surface area (Å²) in [6.07, 6.45) is 3.44. The van der Waals surface area contributed by atoms with Crippen LogP contribution in [-0.2, 0) is 19.0 Å². The second-order valence-electron chi connectivity index (χ2n) is 5.09. The molecular formula is C17H22O4. The summed E-state index contributed by atoms with van der Waals surface area (Å²) in [6.45, 7) is 7.63. The molecule has 1 fully saturated rings. The van der Waals surface area contributed by atoms with Crippen LogP contribution in [0.4, 0.5) is 0 Å². The number of carbonyl (C=O) groups excluding carboxylic acids is 1. The Morgan fingerprint density at radius 2 is 2.29 bits per heavy atom. The first kappa shape index (κ1) is 15.7. The first-order chi connectivity index (χ1) is 10.1. The van der Waals surface area contributed by atoms with Crippen LogP contribution in [0.2, 0.25) is 0 Å². The first-order valence-corrected chi connectivity index (χ1v) is 7.29. The van der Waals surface area contributed by atoms with Gasteiger partial charge >= 0.3 is 5.97 Å². The minimum atomic E-state index is -0.329. The van der Waals surface area contributed by atoms with E-state index in [4.69, 9.17) is 14.2 Å². The molecule has 0 aliphatic carbocycles. The molecule has 1 aliphatic rings. The van der Waals surface area contributed by atoms with Gasteiger partial charge in [0.15, 0.2) is 0 Å². The molecular weight excluding hydrogens is 268 g/mol.